The standard InChI is InChI=1S/C14H22N2O4S/c1-10-6-12(19-2)13(20-3)7-14(10)21(17,18)16-5-4-11(8-15)9-16/h6-7,11H,4-5,8-9,15H2,1-3H3. The molecule has 21 heavy (non-hydrogen) atoms. The Bertz CT molecular complexity index is 616. The second kappa shape index (κ2) is 6.21. The highest BCUT2D eigenvalue weighted by molar-refractivity contribution is 7.89. The maximum Gasteiger partial charge on any atom is 0.243 e. The minimum atomic E-state index is -3.53. The predicted octanol–water partition coefficient (Wildman–Crippen LogP) is 0.982. The van der Waals surface area contributed by atoms with Crippen molar-refractivity contribution in [3.8, 4) is 11.5 Å². The SMILES string of the molecule is COc1cc(C)c(S(=O)(=O)N2CCC(CN)C2)cc1OC. The zero-order valence-corrected chi connectivity index (χ0v) is 13.4. The molecule has 1 unspecified atom stereocenters. The van der Waals surface area contributed by atoms with E-state index in [0.717, 1.165) is 6.42 Å². The van der Waals surface area contributed by atoms with Gasteiger partial charge in [0.05, 0.1) is 19.1 Å². The molecule has 6 nitrogen and oxygen atoms in total. The van der Waals surface area contributed by atoms with Crippen LogP contribution in [0.25, 0.3) is 0 Å². The molecule has 0 radical (unpaired) electrons. The minimum Gasteiger partial charge on any atom is -0.493 e. The van der Waals surface area contributed by atoms with Crippen molar-refractivity contribution in [2.45, 2.75) is 18.2 Å². The van der Waals surface area contributed by atoms with Gasteiger partial charge in [0.2, 0.25) is 10.0 Å². The topological polar surface area (TPSA) is 81.9 Å². The van der Waals surface area contributed by atoms with Crippen molar-refractivity contribution in [1.82, 2.24) is 4.31 Å². The van der Waals surface area contributed by atoms with Gasteiger partial charge in [0, 0.05) is 19.2 Å². The number of ether oxygens (including phenoxy) is 2. The molecule has 7 heteroatoms. The number of methoxy groups -OCH3 is 2. The summed E-state index contributed by atoms with van der Waals surface area (Å²) in [6.07, 6.45) is 0.808. The van der Waals surface area contributed by atoms with Gasteiger partial charge in [0.15, 0.2) is 11.5 Å². The molecule has 1 atom stereocenters. The van der Waals surface area contributed by atoms with Gasteiger partial charge < -0.3 is 15.2 Å². The van der Waals surface area contributed by atoms with Crippen LogP contribution in [0.4, 0.5) is 0 Å². The van der Waals surface area contributed by atoms with Crippen LogP contribution in [0.3, 0.4) is 0 Å². The van der Waals surface area contributed by atoms with E-state index in [1.807, 2.05) is 0 Å². The number of rotatable bonds is 5. The van der Waals surface area contributed by atoms with Crippen LogP contribution in [0.5, 0.6) is 11.5 Å². The first-order valence-electron chi connectivity index (χ1n) is 6.86. The molecule has 1 heterocycles. The van der Waals surface area contributed by atoms with Crippen molar-refractivity contribution >= 4 is 10.0 Å². The van der Waals surface area contributed by atoms with E-state index in [0.29, 0.717) is 36.7 Å². The molecule has 1 aliphatic heterocycles. The summed E-state index contributed by atoms with van der Waals surface area (Å²) in [4.78, 5) is 0.262. The van der Waals surface area contributed by atoms with Gasteiger partial charge in [0.25, 0.3) is 0 Å². The van der Waals surface area contributed by atoms with E-state index in [1.54, 1.807) is 13.0 Å². The molecule has 2 N–H and O–H groups in total. The number of sulfonamides is 1. The monoisotopic (exact) mass is 314 g/mol. The summed E-state index contributed by atoms with van der Waals surface area (Å²) in [7, 11) is -0.512. The number of aryl methyl sites for hydroxylation is 1. The molecule has 0 bridgehead atoms. The first kappa shape index (κ1) is 16.1. The smallest absolute Gasteiger partial charge is 0.243 e. The van der Waals surface area contributed by atoms with Crippen LogP contribution in [0.1, 0.15) is 12.0 Å². The first-order chi connectivity index (χ1) is 9.93. The maximum atomic E-state index is 12.8. The highest BCUT2D eigenvalue weighted by Gasteiger charge is 2.33. The summed E-state index contributed by atoms with van der Waals surface area (Å²) < 4.78 is 37.4. The number of hydrogen-bond donors (Lipinski definition) is 1. The first-order valence-corrected chi connectivity index (χ1v) is 8.30. The molecule has 1 saturated heterocycles. The van der Waals surface area contributed by atoms with Crippen molar-refractivity contribution < 1.29 is 17.9 Å². The summed E-state index contributed by atoms with van der Waals surface area (Å²) >= 11 is 0. The van der Waals surface area contributed by atoms with E-state index < -0.39 is 10.0 Å². The highest BCUT2D eigenvalue weighted by Crippen LogP contribution is 2.34. The third kappa shape index (κ3) is 3.00. The Morgan fingerprint density at radius 3 is 2.43 bits per heavy atom. The number of nitrogens with two attached hydrogens (primary N) is 1. The molecule has 0 amide bonds. The number of hydrogen-bond acceptors (Lipinski definition) is 5. The molecule has 1 fully saturated rings. The minimum absolute atomic E-state index is 0.236. The van der Waals surface area contributed by atoms with Crippen LogP contribution in [-0.2, 0) is 10.0 Å². The average Bonchev–Trinajstić information content (AvgIpc) is 2.96. The largest absolute Gasteiger partial charge is 0.493 e. The number of nitrogens with zero attached hydrogens (tertiary/aromatic N) is 1. The number of benzene rings is 1. The van der Waals surface area contributed by atoms with E-state index in [-0.39, 0.29) is 10.8 Å². The molecule has 0 aliphatic carbocycles. The van der Waals surface area contributed by atoms with Gasteiger partial charge in [-0.05, 0) is 37.4 Å². The molecule has 2 rings (SSSR count). The Labute approximate surface area is 125 Å². The van der Waals surface area contributed by atoms with Crippen molar-refractivity contribution in [3.63, 3.8) is 0 Å². The summed E-state index contributed by atoms with van der Waals surface area (Å²) in [6.45, 7) is 3.26. The van der Waals surface area contributed by atoms with E-state index in [9.17, 15) is 8.42 Å². The molecule has 1 aliphatic rings. The zero-order valence-electron chi connectivity index (χ0n) is 12.6. The molecule has 0 spiro atoms. The fourth-order valence-corrected chi connectivity index (χ4v) is 4.34. The maximum absolute atomic E-state index is 12.8. The van der Waals surface area contributed by atoms with Gasteiger partial charge in [-0.15, -0.1) is 0 Å². The van der Waals surface area contributed by atoms with Gasteiger partial charge in [-0.2, -0.15) is 4.31 Å². The fourth-order valence-electron chi connectivity index (χ4n) is 2.59. The van der Waals surface area contributed by atoms with E-state index in [4.69, 9.17) is 15.2 Å². The van der Waals surface area contributed by atoms with Crippen molar-refractivity contribution in [2.24, 2.45) is 11.7 Å². The van der Waals surface area contributed by atoms with Gasteiger partial charge in [0.1, 0.15) is 0 Å². The van der Waals surface area contributed by atoms with Gasteiger partial charge in [-0.1, -0.05) is 0 Å². The van der Waals surface area contributed by atoms with Crippen LogP contribution in [-0.4, -0.2) is 46.6 Å². The van der Waals surface area contributed by atoms with E-state index in [2.05, 4.69) is 0 Å². The third-order valence-electron chi connectivity index (χ3n) is 3.88. The molecule has 0 saturated carbocycles. The highest BCUT2D eigenvalue weighted by atomic mass is 32.2. The summed E-state index contributed by atoms with van der Waals surface area (Å²) in [5.74, 6) is 1.17. The molecule has 1 aromatic carbocycles. The Balaban J connectivity index is 2.41. The molecular weight excluding hydrogens is 292 g/mol. The van der Waals surface area contributed by atoms with Crippen LogP contribution in [0.15, 0.2) is 17.0 Å². The van der Waals surface area contributed by atoms with Crippen LogP contribution < -0.4 is 15.2 Å². The van der Waals surface area contributed by atoms with Crippen molar-refractivity contribution in [1.29, 1.82) is 0 Å². The van der Waals surface area contributed by atoms with Gasteiger partial charge in [-0.25, -0.2) is 8.42 Å². The average molecular weight is 314 g/mol. The molecule has 0 aromatic heterocycles. The van der Waals surface area contributed by atoms with Gasteiger partial charge in [-0.3, -0.25) is 0 Å². The Kier molecular flexibility index (Phi) is 4.75. The molecule has 118 valence electrons. The van der Waals surface area contributed by atoms with Gasteiger partial charge >= 0.3 is 0 Å². The Hall–Kier alpha value is -1.31. The zero-order chi connectivity index (χ0) is 15.6. The normalized spacial score (nSPS) is 19.7. The Morgan fingerprint density at radius 1 is 1.29 bits per heavy atom. The van der Waals surface area contributed by atoms with E-state index in [1.165, 1.54) is 24.6 Å². The van der Waals surface area contributed by atoms with Crippen LogP contribution >= 0.6 is 0 Å². The Morgan fingerprint density at radius 2 is 1.90 bits per heavy atom. The summed E-state index contributed by atoms with van der Waals surface area (Å²) in [5, 5.41) is 0. The second-order valence-electron chi connectivity index (χ2n) is 5.23. The lowest BCUT2D eigenvalue weighted by Gasteiger charge is -2.19. The lowest BCUT2D eigenvalue weighted by atomic mass is 10.1. The quantitative estimate of drug-likeness (QED) is 0.876. The summed E-state index contributed by atoms with van der Waals surface area (Å²) in [5.41, 5.74) is 6.28. The molecule has 1 aromatic rings. The predicted molar refractivity (Wildman–Crippen MR) is 80.2 cm³/mol. The van der Waals surface area contributed by atoms with Crippen LogP contribution in [0, 0.1) is 12.8 Å². The van der Waals surface area contributed by atoms with Crippen molar-refractivity contribution in [3.05, 3.63) is 17.7 Å². The molecular formula is C14H22N2O4S. The van der Waals surface area contributed by atoms with E-state index >= 15 is 0 Å². The lowest BCUT2D eigenvalue weighted by Crippen LogP contribution is -2.30. The summed E-state index contributed by atoms with van der Waals surface area (Å²) in [6, 6.07) is 3.21. The fraction of sp³-hybridized carbons (Fsp3) is 0.571. The lowest BCUT2D eigenvalue weighted by molar-refractivity contribution is 0.353. The van der Waals surface area contributed by atoms with Crippen LogP contribution in [0.2, 0.25) is 0 Å². The third-order valence-corrected chi connectivity index (χ3v) is 5.89. The van der Waals surface area contributed by atoms with Crippen molar-refractivity contribution in [2.75, 3.05) is 33.9 Å². The second-order valence-corrected chi connectivity index (χ2v) is 7.13.